The van der Waals surface area contributed by atoms with Gasteiger partial charge in [-0.2, -0.15) is 0 Å². The molecule has 5 aromatic rings. The number of aliphatic hydroxyl groups excluding tert-OH is 1. The van der Waals surface area contributed by atoms with E-state index in [4.69, 9.17) is 9.47 Å². The first kappa shape index (κ1) is 31.3. The van der Waals surface area contributed by atoms with Gasteiger partial charge in [0.25, 0.3) is 5.78 Å². The summed E-state index contributed by atoms with van der Waals surface area (Å²) in [6, 6.07) is 27.5. The summed E-state index contributed by atoms with van der Waals surface area (Å²) in [6.45, 7) is 2.69. The lowest BCUT2D eigenvalue weighted by molar-refractivity contribution is -0.132. The van der Waals surface area contributed by atoms with Crippen molar-refractivity contribution >= 4 is 56.5 Å². The number of anilines is 1. The second kappa shape index (κ2) is 14.2. The fourth-order valence-corrected chi connectivity index (χ4v) is 7.35. The van der Waals surface area contributed by atoms with E-state index in [0.29, 0.717) is 39.3 Å². The predicted molar refractivity (Wildman–Crippen MR) is 183 cm³/mol. The molecule has 2 heterocycles. The number of thioether (sulfide) groups is 1. The summed E-state index contributed by atoms with van der Waals surface area (Å²) in [7, 11) is 1.55. The molecule has 0 saturated carbocycles. The van der Waals surface area contributed by atoms with E-state index < -0.39 is 17.7 Å². The molecule has 1 saturated heterocycles. The first-order chi connectivity index (χ1) is 22.5. The molecular formula is C36H33N3O5S2. The van der Waals surface area contributed by atoms with Gasteiger partial charge >= 0.3 is 5.91 Å². The van der Waals surface area contributed by atoms with Gasteiger partial charge in [0, 0.05) is 11.3 Å². The quantitative estimate of drug-likeness (QED) is 0.0360. The first-order valence-electron chi connectivity index (χ1n) is 15.1. The molecule has 1 aromatic heterocycles. The minimum Gasteiger partial charge on any atom is -0.507 e. The zero-order chi connectivity index (χ0) is 32.0. The summed E-state index contributed by atoms with van der Waals surface area (Å²) in [5.74, 6) is 0.0189. The van der Waals surface area contributed by atoms with Crippen LogP contribution in [0.2, 0.25) is 0 Å². The number of ketones is 1. The number of ether oxygens (including phenoxy) is 2. The largest absolute Gasteiger partial charge is 0.507 e. The van der Waals surface area contributed by atoms with Crippen LogP contribution in [0.1, 0.15) is 48.9 Å². The average Bonchev–Trinajstić information content (AvgIpc) is 3.67. The van der Waals surface area contributed by atoms with Crippen molar-refractivity contribution in [3.63, 3.8) is 0 Å². The van der Waals surface area contributed by atoms with Gasteiger partial charge in [-0.05, 0) is 64.7 Å². The summed E-state index contributed by atoms with van der Waals surface area (Å²) >= 11 is 2.76. The summed E-state index contributed by atoms with van der Waals surface area (Å²) in [4.78, 5) is 28.7. The fourth-order valence-electron chi connectivity index (χ4n) is 5.48. The minimum absolute atomic E-state index is 0.0292. The number of methoxy groups -OCH3 is 1. The van der Waals surface area contributed by atoms with Crippen molar-refractivity contribution in [2.75, 3.05) is 18.6 Å². The number of hydrogen-bond donors (Lipinski definition) is 1. The van der Waals surface area contributed by atoms with Crippen LogP contribution in [0.5, 0.6) is 11.5 Å². The van der Waals surface area contributed by atoms with Crippen LogP contribution >= 0.6 is 23.1 Å². The number of carbonyl (C=O) groups excluding carboxylic acids is 2. The third-order valence-corrected chi connectivity index (χ3v) is 9.94. The van der Waals surface area contributed by atoms with E-state index >= 15 is 0 Å². The average molecular weight is 652 g/mol. The number of carbonyl (C=O) groups is 2. The molecule has 1 N–H and O–H groups in total. The molecule has 234 valence electrons. The van der Waals surface area contributed by atoms with Gasteiger partial charge in [-0.25, -0.2) is 0 Å². The molecule has 0 aliphatic carbocycles. The molecule has 1 fully saturated rings. The van der Waals surface area contributed by atoms with E-state index in [0.717, 1.165) is 30.2 Å². The van der Waals surface area contributed by atoms with Crippen molar-refractivity contribution in [2.24, 2.45) is 0 Å². The molecule has 46 heavy (non-hydrogen) atoms. The Morgan fingerprint density at radius 2 is 1.72 bits per heavy atom. The van der Waals surface area contributed by atoms with Gasteiger partial charge in [-0.3, -0.25) is 14.5 Å². The van der Waals surface area contributed by atoms with Gasteiger partial charge in [0.05, 0.1) is 25.3 Å². The topological polar surface area (TPSA) is 102 Å². The van der Waals surface area contributed by atoms with Crippen LogP contribution in [0, 0.1) is 0 Å². The van der Waals surface area contributed by atoms with E-state index in [2.05, 4.69) is 41.4 Å². The number of amides is 1. The Bertz CT molecular complexity index is 1900. The smallest absolute Gasteiger partial charge is 0.301 e. The number of nitrogens with zero attached hydrogens (tertiary/aromatic N) is 3. The van der Waals surface area contributed by atoms with E-state index in [9.17, 15) is 14.7 Å². The monoisotopic (exact) mass is 651 g/mol. The summed E-state index contributed by atoms with van der Waals surface area (Å²) in [5, 5.41) is 22.9. The Hall–Kier alpha value is -4.67. The van der Waals surface area contributed by atoms with Crippen molar-refractivity contribution in [3.8, 4) is 11.5 Å². The normalized spacial score (nSPS) is 15.9. The Morgan fingerprint density at radius 3 is 2.52 bits per heavy atom. The van der Waals surface area contributed by atoms with Gasteiger partial charge in [0.2, 0.25) is 5.13 Å². The standard InChI is InChI=1S/C36H33N3O5S2/c1-3-4-7-20-44-28-14-9-12-25(21-28)31-30(32(40)24-16-18-27(43-2)19-17-24)33(41)34(42)39(31)35-37-38-36(46-35)45-22-26-13-8-11-23-10-5-6-15-29(23)26/h5-6,8-19,21,31,40H,3-4,7,20,22H2,1-2H3/b32-30+. The second-order valence-corrected chi connectivity index (χ2v) is 13.0. The molecule has 0 bridgehead atoms. The van der Waals surface area contributed by atoms with E-state index in [1.165, 1.54) is 33.4 Å². The lowest BCUT2D eigenvalue weighted by Crippen LogP contribution is -2.29. The maximum absolute atomic E-state index is 13.7. The highest BCUT2D eigenvalue weighted by molar-refractivity contribution is 8.00. The molecule has 6 rings (SSSR count). The number of unbranched alkanes of at least 4 members (excludes halogenated alkanes) is 2. The van der Waals surface area contributed by atoms with Crippen molar-refractivity contribution in [1.29, 1.82) is 0 Å². The van der Waals surface area contributed by atoms with Gasteiger partial charge < -0.3 is 14.6 Å². The summed E-state index contributed by atoms with van der Waals surface area (Å²) in [5.41, 5.74) is 2.13. The lowest BCUT2D eigenvalue weighted by Gasteiger charge is -2.23. The van der Waals surface area contributed by atoms with Gasteiger partial charge in [0.1, 0.15) is 17.3 Å². The van der Waals surface area contributed by atoms with Crippen LogP contribution in [-0.2, 0) is 15.3 Å². The van der Waals surface area contributed by atoms with Crippen LogP contribution in [0.4, 0.5) is 5.13 Å². The highest BCUT2D eigenvalue weighted by Gasteiger charge is 2.48. The number of benzene rings is 4. The molecule has 1 aliphatic heterocycles. The van der Waals surface area contributed by atoms with E-state index in [1.54, 1.807) is 31.4 Å². The van der Waals surface area contributed by atoms with Crippen molar-refractivity contribution < 1.29 is 24.2 Å². The number of hydrogen-bond acceptors (Lipinski definition) is 9. The van der Waals surface area contributed by atoms with Crippen LogP contribution in [0.3, 0.4) is 0 Å². The maximum Gasteiger partial charge on any atom is 0.301 e. The highest BCUT2D eigenvalue weighted by Crippen LogP contribution is 2.45. The fraction of sp³-hybridized carbons (Fsp3) is 0.222. The van der Waals surface area contributed by atoms with Crippen LogP contribution in [-0.4, -0.2) is 40.7 Å². The predicted octanol–water partition coefficient (Wildman–Crippen LogP) is 8.19. The number of Topliss-reactive ketones (excluding diaryl/α,β-unsaturated/α-hetero) is 1. The molecule has 10 heteroatoms. The zero-order valence-corrected chi connectivity index (χ0v) is 27.1. The van der Waals surface area contributed by atoms with Crippen LogP contribution in [0.15, 0.2) is 101 Å². The number of fused-ring (bicyclic) bond motifs is 1. The number of aliphatic hydroxyl groups is 1. The Labute approximate surface area is 275 Å². The molecule has 0 spiro atoms. The molecule has 1 unspecified atom stereocenters. The molecular weight excluding hydrogens is 619 g/mol. The minimum atomic E-state index is -0.940. The molecule has 1 amide bonds. The van der Waals surface area contributed by atoms with E-state index in [-0.39, 0.29) is 16.5 Å². The Morgan fingerprint density at radius 1 is 0.935 bits per heavy atom. The zero-order valence-electron chi connectivity index (χ0n) is 25.5. The first-order valence-corrected chi connectivity index (χ1v) is 16.9. The van der Waals surface area contributed by atoms with Gasteiger partial charge in [0.15, 0.2) is 4.34 Å². The van der Waals surface area contributed by atoms with Gasteiger partial charge in [-0.15, -0.1) is 10.2 Å². The van der Waals surface area contributed by atoms with Crippen LogP contribution in [0.25, 0.3) is 16.5 Å². The number of rotatable bonds is 12. The molecule has 1 aliphatic rings. The molecule has 0 radical (unpaired) electrons. The third-order valence-electron chi connectivity index (χ3n) is 7.83. The van der Waals surface area contributed by atoms with Crippen molar-refractivity contribution in [2.45, 2.75) is 42.3 Å². The van der Waals surface area contributed by atoms with E-state index in [1.807, 2.05) is 42.5 Å². The third kappa shape index (κ3) is 6.49. The summed E-state index contributed by atoms with van der Waals surface area (Å²) < 4.78 is 11.9. The molecule has 4 aromatic carbocycles. The number of aromatic nitrogens is 2. The maximum atomic E-state index is 13.7. The Balaban J connectivity index is 1.35. The SMILES string of the molecule is CCCCCOc1cccc(C2/C(=C(\O)c3ccc(OC)cc3)C(=O)C(=O)N2c2nnc(SCc3cccc4ccccc34)s2)c1. The van der Waals surface area contributed by atoms with Gasteiger partial charge in [-0.1, -0.05) is 97.5 Å². The Kier molecular flexibility index (Phi) is 9.65. The summed E-state index contributed by atoms with van der Waals surface area (Å²) in [6.07, 6.45) is 3.05. The van der Waals surface area contributed by atoms with Crippen molar-refractivity contribution in [1.82, 2.24) is 10.2 Å². The van der Waals surface area contributed by atoms with Crippen LogP contribution < -0.4 is 14.4 Å². The second-order valence-electron chi connectivity index (χ2n) is 10.8. The highest BCUT2D eigenvalue weighted by atomic mass is 32.2. The van der Waals surface area contributed by atoms with Crippen molar-refractivity contribution in [3.05, 3.63) is 113 Å². The lowest BCUT2D eigenvalue weighted by atomic mass is 9.95. The molecule has 8 nitrogen and oxygen atoms in total. The molecule has 1 atom stereocenters.